The summed E-state index contributed by atoms with van der Waals surface area (Å²) in [5.41, 5.74) is 2.08. The molecule has 0 aliphatic carbocycles. The van der Waals surface area contributed by atoms with E-state index in [1.165, 1.54) is 5.56 Å². The molecule has 0 saturated heterocycles. The molecule has 2 rings (SSSR count). The minimum Gasteiger partial charge on any atom is -0.439 e. The van der Waals surface area contributed by atoms with Gasteiger partial charge in [-0.25, -0.2) is 4.98 Å². The number of anilines is 1. The Balaban J connectivity index is 2.32. The van der Waals surface area contributed by atoms with Crippen molar-refractivity contribution in [2.45, 2.75) is 33.1 Å². The third kappa shape index (κ3) is 3.26. The maximum absolute atomic E-state index is 5.96. The van der Waals surface area contributed by atoms with Crippen molar-refractivity contribution in [2.75, 3.05) is 12.4 Å². The molecule has 0 aliphatic heterocycles. The topological polar surface area (TPSA) is 47.0 Å². The van der Waals surface area contributed by atoms with Gasteiger partial charge in [0.2, 0.25) is 11.8 Å². The molecule has 1 unspecified atom stereocenters. The van der Waals surface area contributed by atoms with Gasteiger partial charge < -0.3 is 10.1 Å². The summed E-state index contributed by atoms with van der Waals surface area (Å²) in [6.07, 6.45) is 1.07. The Labute approximate surface area is 120 Å². The number of para-hydroxylation sites is 1. The van der Waals surface area contributed by atoms with Gasteiger partial charge in [-0.3, -0.25) is 0 Å². The number of aryl methyl sites for hydroxylation is 1. The van der Waals surface area contributed by atoms with Gasteiger partial charge in [0.25, 0.3) is 0 Å². The lowest BCUT2D eigenvalue weighted by Crippen LogP contribution is -2.01. The third-order valence-corrected chi connectivity index (χ3v) is 3.33. The van der Waals surface area contributed by atoms with Gasteiger partial charge in [0, 0.05) is 18.8 Å². The van der Waals surface area contributed by atoms with Crippen LogP contribution in [0.25, 0.3) is 0 Å². The lowest BCUT2D eigenvalue weighted by molar-refractivity contribution is 0.451. The molecule has 20 heavy (non-hydrogen) atoms. The van der Waals surface area contributed by atoms with E-state index in [1.807, 2.05) is 31.2 Å². The second kappa shape index (κ2) is 6.37. The van der Waals surface area contributed by atoms with Gasteiger partial charge in [-0.15, -0.1) is 0 Å². The minimum absolute atomic E-state index is 0.456. The first kappa shape index (κ1) is 14.3. The van der Waals surface area contributed by atoms with Crippen LogP contribution in [0, 0.1) is 6.92 Å². The Morgan fingerprint density at radius 3 is 2.70 bits per heavy atom. The largest absolute Gasteiger partial charge is 0.439 e. The zero-order valence-corrected chi connectivity index (χ0v) is 12.5. The first-order valence-corrected chi connectivity index (χ1v) is 6.94. The SMILES string of the molecule is CCC(C)c1ccccc1Oc1cc(C)nc(NC)n1. The van der Waals surface area contributed by atoms with Crippen molar-refractivity contribution in [1.29, 1.82) is 0 Å². The summed E-state index contributed by atoms with van der Waals surface area (Å²) in [5, 5.41) is 2.94. The van der Waals surface area contributed by atoms with E-state index >= 15 is 0 Å². The molecule has 0 spiro atoms. The van der Waals surface area contributed by atoms with Crippen molar-refractivity contribution in [3.05, 3.63) is 41.6 Å². The van der Waals surface area contributed by atoms with E-state index in [-0.39, 0.29) is 0 Å². The number of ether oxygens (including phenoxy) is 1. The number of rotatable bonds is 5. The fourth-order valence-corrected chi connectivity index (χ4v) is 2.02. The predicted molar refractivity (Wildman–Crippen MR) is 81.5 cm³/mol. The van der Waals surface area contributed by atoms with Crippen LogP contribution in [-0.2, 0) is 0 Å². The highest BCUT2D eigenvalue weighted by Gasteiger charge is 2.11. The molecule has 0 amide bonds. The van der Waals surface area contributed by atoms with Gasteiger partial charge in [0.05, 0.1) is 0 Å². The molecule has 4 heteroatoms. The molecular weight excluding hydrogens is 250 g/mol. The van der Waals surface area contributed by atoms with Crippen LogP contribution in [0.3, 0.4) is 0 Å². The van der Waals surface area contributed by atoms with Crippen LogP contribution in [0.1, 0.15) is 37.4 Å². The van der Waals surface area contributed by atoms with Gasteiger partial charge in [0.15, 0.2) is 0 Å². The van der Waals surface area contributed by atoms with E-state index in [1.54, 1.807) is 7.05 Å². The van der Waals surface area contributed by atoms with Crippen LogP contribution < -0.4 is 10.1 Å². The Morgan fingerprint density at radius 1 is 1.25 bits per heavy atom. The zero-order valence-electron chi connectivity index (χ0n) is 12.5. The first-order valence-electron chi connectivity index (χ1n) is 6.94. The summed E-state index contributed by atoms with van der Waals surface area (Å²) in [7, 11) is 1.80. The van der Waals surface area contributed by atoms with E-state index in [0.29, 0.717) is 17.7 Å². The Hall–Kier alpha value is -2.10. The molecule has 1 aromatic carbocycles. The molecule has 1 atom stereocenters. The Bertz CT molecular complexity index is 584. The molecule has 2 aromatic rings. The molecule has 0 radical (unpaired) electrons. The number of hydrogen-bond donors (Lipinski definition) is 1. The highest BCUT2D eigenvalue weighted by Crippen LogP contribution is 2.31. The van der Waals surface area contributed by atoms with E-state index in [0.717, 1.165) is 17.9 Å². The smallest absolute Gasteiger partial charge is 0.225 e. The summed E-state index contributed by atoms with van der Waals surface area (Å²) in [4.78, 5) is 8.59. The molecule has 0 fully saturated rings. The molecule has 1 aromatic heterocycles. The van der Waals surface area contributed by atoms with E-state index in [9.17, 15) is 0 Å². The second-order valence-corrected chi connectivity index (χ2v) is 4.87. The minimum atomic E-state index is 0.456. The lowest BCUT2D eigenvalue weighted by atomic mass is 9.98. The van der Waals surface area contributed by atoms with Crippen LogP contribution in [0.2, 0.25) is 0 Å². The van der Waals surface area contributed by atoms with Crippen molar-refractivity contribution in [3.63, 3.8) is 0 Å². The number of aromatic nitrogens is 2. The molecule has 106 valence electrons. The quantitative estimate of drug-likeness (QED) is 0.888. The maximum atomic E-state index is 5.96. The van der Waals surface area contributed by atoms with Crippen molar-refractivity contribution in [2.24, 2.45) is 0 Å². The van der Waals surface area contributed by atoms with Crippen molar-refractivity contribution in [1.82, 2.24) is 9.97 Å². The average molecular weight is 271 g/mol. The highest BCUT2D eigenvalue weighted by atomic mass is 16.5. The molecule has 1 heterocycles. The summed E-state index contributed by atoms with van der Waals surface area (Å²) in [6.45, 7) is 6.30. The number of hydrogen-bond acceptors (Lipinski definition) is 4. The van der Waals surface area contributed by atoms with Crippen molar-refractivity contribution >= 4 is 5.95 Å². The van der Waals surface area contributed by atoms with Crippen molar-refractivity contribution in [3.8, 4) is 11.6 Å². The summed E-state index contributed by atoms with van der Waals surface area (Å²) in [6, 6.07) is 9.95. The standard InChI is InChI=1S/C16H21N3O/c1-5-11(2)13-8-6-7-9-14(13)20-15-10-12(3)18-16(17-4)19-15/h6-11H,5H2,1-4H3,(H,17,18,19). The van der Waals surface area contributed by atoms with Crippen LogP contribution >= 0.6 is 0 Å². The van der Waals surface area contributed by atoms with Crippen LogP contribution in [0.15, 0.2) is 30.3 Å². The molecule has 0 saturated carbocycles. The number of benzene rings is 1. The number of nitrogens with zero attached hydrogens (tertiary/aromatic N) is 2. The van der Waals surface area contributed by atoms with Crippen LogP contribution in [0.5, 0.6) is 11.6 Å². The predicted octanol–water partition coefficient (Wildman–Crippen LogP) is 4.13. The second-order valence-electron chi connectivity index (χ2n) is 4.87. The monoisotopic (exact) mass is 271 g/mol. The fraction of sp³-hybridized carbons (Fsp3) is 0.375. The summed E-state index contributed by atoms with van der Waals surface area (Å²) >= 11 is 0. The van der Waals surface area contributed by atoms with E-state index < -0.39 is 0 Å². The molecule has 1 N–H and O–H groups in total. The molecule has 0 bridgehead atoms. The van der Waals surface area contributed by atoms with Gasteiger partial charge in [-0.2, -0.15) is 4.98 Å². The third-order valence-electron chi connectivity index (χ3n) is 3.33. The van der Waals surface area contributed by atoms with Gasteiger partial charge in [-0.1, -0.05) is 32.0 Å². The van der Waals surface area contributed by atoms with Gasteiger partial charge >= 0.3 is 0 Å². The Kier molecular flexibility index (Phi) is 4.56. The van der Waals surface area contributed by atoms with Gasteiger partial charge in [-0.05, 0) is 30.9 Å². The molecule has 0 aliphatic rings. The Morgan fingerprint density at radius 2 is 2.00 bits per heavy atom. The van der Waals surface area contributed by atoms with E-state index in [4.69, 9.17) is 4.74 Å². The highest BCUT2D eigenvalue weighted by molar-refractivity contribution is 5.39. The zero-order chi connectivity index (χ0) is 14.5. The van der Waals surface area contributed by atoms with E-state index in [2.05, 4.69) is 35.2 Å². The van der Waals surface area contributed by atoms with Crippen LogP contribution in [0.4, 0.5) is 5.95 Å². The van der Waals surface area contributed by atoms with Crippen LogP contribution in [-0.4, -0.2) is 17.0 Å². The molecular formula is C16H21N3O. The lowest BCUT2D eigenvalue weighted by Gasteiger charge is -2.15. The summed E-state index contributed by atoms with van der Waals surface area (Å²) < 4.78 is 5.96. The maximum Gasteiger partial charge on any atom is 0.225 e. The molecule has 4 nitrogen and oxygen atoms in total. The van der Waals surface area contributed by atoms with Gasteiger partial charge in [0.1, 0.15) is 5.75 Å². The van der Waals surface area contributed by atoms with Crippen molar-refractivity contribution < 1.29 is 4.74 Å². The normalized spacial score (nSPS) is 12.0. The fourth-order valence-electron chi connectivity index (χ4n) is 2.02. The first-order chi connectivity index (χ1) is 9.63. The number of nitrogens with one attached hydrogen (secondary N) is 1. The average Bonchev–Trinajstić information content (AvgIpc) is 2.46. The summed E-state index contributed by atoms with van der Waals surface area (Å²) in [5.74, 6) is 2.46.